The number of hydrogen-bond donors (Lipinski definition) is 1. The molecule has 6 nitrogen and oxygen atoms in total. The molecule has 0 amide bonds. The molecule has 1 unspecified atom stereocenters. The minimum atomic E-state index is -0.754. The van der Waals surface area contributed by atoms with Crippen LogP contribution in [-0.4, -0.2) is 33.0 Å². The predicted molar refractivity (Wildman–Crippen MR) is 75.3 cm³/mol. The van der Waals surface area contributed by atoms with Crippen molar-refractivity contribution in [2.45, 2.75) is 25.8 Å². The average Bonchev–Trinajstić information content (AvgIpc) is 2.90. The molecule has 0 saturated carbocycles. The second-order valence-corrected chi connectivity index (χ2v) is 5.20. The van der Waals surface area contributed by atoms with Gasteiger partial charge >= 0.3 is 5.97 Å². The molecule has 1 aliphatic rings. The minimum absolute atomic E-state index is 0.346. The maximum atomic E-state index is 11.1. The minimum Gasteiger partial charge on any atom is -0.496 e. The highest BCUT2D eigenvalue weighted by atomic mass is 16.5. The third-order valence-corrected chi connectivity index (χ3v) is 3.92. The number of carbonyl (C=O) groups is 1. The molecule has 0 bridgehead atoms. The molecule has 0 saturated heterocycles. The van der Waals surface area contributed by atoms with Gasteiger partial charge in [0.15, 0.2) is 0 Å². The van der Waals surface area contributed by atoms with Gasteiger partial charge in [-0.25, -0.2) is 0 Å². The van der Waals surface area contributed by atoms with E-state index in [0.717, 1.165) is 23.0 Å². The SMILES string of the molecule is COc1ccccc1Cc1nnc2n1CCC(C(=O)O)C2. The molecule has 3 rings (SSSR count). The van der Waals surface area contributed by atoms with E-state index in [0.29, 0.717) is 25.8 Å². The maximum absolute atomic E-state index is 11.1. The predicted octanol–water partition coefficient (Wildman–Crippen LogP) is 1.52. The number of carboxylic acid groups (broad SMARTS) is 1. The average molecular weight is 287 g/mol. The Balaban J connectivity index is 1.84. The summed E-state index contributed by atoms with van der Waals surface area (Å²) in [6.45, 7) is 0.657. The van der Waals surface area contributed by atoms with Crippen molar-refractivity contribution in [1.29, 1.82) is 0 Å². The molecule has 6 heteroatoms. The van der Waals surface area contributed by atoms with Gasteiger partial charge in [-0.05, 0) is 12.5 Å². The molecule has 110 valence electrons. The van der Waals surface area contributed by atoms with Crippen LogP contribution in [-0.2, 0) is 24.2 Å². The third kappa shape index (κ3) is 2.61. The Kier molecular flexibility index (Phi) is 3.60. The Labute approximate surface area is 122 Å². The first-order valence-corrected chi connectivity index (χ1v) is 6.94. The van der Waals surface area contributed by atoms with Gasteiger partial charge in [-0.2, -0.15) is 0 Å². The van der Waals surface area contributed by atoms with Crippen LogP contribution in [0.4, 0.5) is 0 Å². The van der Waals surface area contributed by atoms with Crippen LogP contribution in [0, 0.1) is 5.92 Å². The van der Waals surface area contributed by atoms with Crippen LogP contribution in [0.1, 0.15) is 23.6 Å². The summed E-state index contributed by atoms with van der Waals surface area (Å²) in [6, 6.07) is 7.82. The van der Waals surface area contributed by atoms with Gasteiger partial charge in [0.2, 0.25) is 0 Å². The van der Waals surface area contributed by atoms with Gasteiger partial charge in [-0.1, -0.05) is 18.2 Å². The molecule has 1 N–H and O–H groups in total. The Morgan fingerprint density at radius 2 is 2.24 bits per heavy atom. The van der Waals surface area contributed by atoms with Gasteiger partial charge in [-0.15, -0.1) is 10.2 Å². The first-order chi connectivity index (χ1) is 10.2. The number of rotatable bonds is 4. The van der Waals surface area contributed by atoms with Gasteiger partial charge in [0.25, 0.3) is 0 Å². The van der Waals surface area contributed by atoms with E-state index >= 15 is 0 Å². The fourth-order valence-electron chi connectivity index (χ4n) is 2.75. The standard InChI is InChI=1S/C15H17N3O3/c1-21-12-5-3-2-4-10(12)8-13-16-17-14-9-11(15(19)20)6-7-18(13)14/h2-5,11H,6-9H2,1H3,(H,19,20). The molecule has 1 aliphatic heterocycles. The van der Waals surface area contributed by atoms with Crippen molar-refractivity contribution in [3.05, 3.63) is 41.5 Å². The highest BCUT2D eigenvalue weighted by Gasteiger charge is 2.27. The van der Waals surface area contributed by atoms with Crippen LogP contribution in [0.5, 0.6) is 5.75 Å². The molecule has 0 spiro atoms. The molecule has 0 aliphatic carbocycles. The van der Waals surface area contributed by atoms with E-state index < -0.39 is 5.97 Å². The zero-order valence-corrected chi connectivity index (χ0v) is 11.8. The Morgan fingerprint density at radius 1 is 1.43 bits per heavy atom. The van der Waals surface area contributed by atoms with E-state index in [1.165, 1.54) is 0 Å². The van der Waals surface area contributed by atoms with Crippen molar-refractivity contribution in [2.24, 2.45) is 5.92 Å². The number of hydrogen-bond acceptors (Lipinski definition) is 4. The highest BCUT2D eigenvalue weighted by Crippen LogP contribution is 2.24. The van der Waals surface area contributed by atoms with Crippen LogP contribution in [0.3, 0.4) is 0 Å². The molecule has 2 heterocycles. The lowest BCUT2D eigenvalue weighted by atomic mass is 9.98. The smallest absolute Gasteiger partial charge is 0.307 e. The molecule has 2 aromatic rings. The number of aliphatic carboxylic acids is 1. The number of aromatic nitrogens is 3. The van der Waals surface area contributed by atoms with Crippen molar-refractivity contribution in [3.8, 4) is 5.75 Å². The Bertz CT molecular complexity index is 666. The van der Waals surface area contributed by atoms with Gasteiger partial charge in [0.1, 0.15) is 17.4 Å². The number of benzene rings is 1. The Hall–Kier alpha value is -2.37. The van der Waals surface area contributed by atoms with E-state index in [4.69, 9.17) is 9.84 Å². The largest absolute Gasteiger partial charge is 0.496 e. The van der Waals surface area contributed by atoms with E-state index in [9.17, 15) is 4.79 Å². The third-order valence-electron chi connectivity index (χ3n) is 3.92. The highest BCUT2D eigenvalue weighted by molar-refractivity contribution is 5.70. The summed E-state index contributed by atoms with van der Waals surface area (Å²) in [7, 11) is 1.65. The molecule has 21 heavy (non-hydrogen) atoms. The molecule has 1 atom stereocenters. The zero-order chi connectivity index (χ0) is 14.8. The van der Waals surface area contributed by atoms with Crippen molar-refractivity contribution in [3.63, 3.8) is 0 Å². The number of fused-ring (bicyclic) bond motifs is 1. The van der Waals surface area contributed by atoms with Crippen LogP contribution in [0.25, 0.3) is 0 Å². The summed E-state index contributed by atoms with van der Waals surface area (Å²) in [5.74, 6) is 1.35. The summed E-state index contributed by atoms with van der Waals surface area (Å²) in [5.41, 5.74) is 1.05. The van der Waals surface area contributed by atoms with E-state index in [-0.39, 0.29) is 5.92 Å². The second-order valence-electron chi connectivity index (χ2n) is 5.20. The molecule has 1 aromatic carbocycles. The number of nitrogens with zero attached hydrogens (tertiary/aromatic N) is 3. The van der Waals surface area contributed by atoms with Crippen LogP contribution in [0.2, 0.25) is 0 Å². The first-order valence-electron chi connectivity index (χ1n) is 6.94. The zero-order valence-electron chi connectivity index (χ0n) is 11.8. The fourth-order valence-corrected chi connectivity index (χ4v) is 2.75. The van der Waals surface area contributed by atoms with Crippen LogP contribution >= 0.6 is 0 Å². The number of methoxy groups -OCH3 is 1. The fraction of sp³-hybridized carbons (Fsp3) is 0.400. The van der Waals surface area contributed by atoms with Gasteiger partial charge in [0, 0.05) is 24.9 Å². The molecule has 0 fully saturated rings. The quantitative estimate of drug-likeness (QED) is 0.922. The number of carboxylic acids is 1. The molecular weight excluding hydrogens is 270 g/mol. The monoisotopic (exact) mass is 287 g/mol. The molecular formula is C15H17N3O3. The van der Waals surface area contributed by atoms with Gasteiger partial charge < -0.3 is 14.4 Å². The van der Waals surface area contributed by atoms with E-state index in [2.05, 4.69) is 10.2 Å². The Morgan fingerprint density at radius 3 is 3.00 bits per heavy atom. The van der Waals surface area contributed by atoms with Crippen molar-refractivity contribution < 1.29 is 14.6 Å². The lowest BCUT2D eigenvalue weighted by Gasteiger charge is -2.20. The summed E-state index contributed by atoms with van der Waals surface area (Å²) in [5, 5.41) is 17.5. The summed E-state index contributed by atoms with van der Waals surface area (Å²) >= 11 is 0. The lowest BCUT2D eigenvalue weighted by molar-refractivity contribution is -0.142. The molecule has 1 aromatic heterocycles. The van der Waals surface area contributed by atoms with Crippen molar-refractivity contribution in [2.75, 3.05) is 7.11 Å². The molecule has 0 radical (unpaired) electrons. The van der Waals surface area contributed by atoms with E-state index in [1.54, 1.807) is 7.11 Å². The summed E-state index contributed by atoms with van der Waals surface area (Å²) in [4.78, 5) is 11.1. The second kappa shape index (κ2) is 5.55. The van der Waals surface area contributed by atoms with Gasteiger partial charge in [-0.3, -0.25) is 4.79 Å². The normalized spacial score (nSPS) is 17.3. The first kappa shape index (κ1) is 13.6. The van der Waals surface area contributed by atoms with E-state index in [1.807, 2.05) is 28.8 Å². The van der Waals surface area contributed by atoms with Crippen molar-refractivity contribution in [1.82, 2.24) is 14.8 Å². The number of ether oxygens (including phenoxy) is 1. The topological polar surface area (TPSA) is 77.2 Å². The van der Waals surface area contributed by atoms with Crippen molar-refractivity contribution >= 4 is 5.97 Å². The summed E-state index contributed by atoms with van der Waals surface area (Å²) in [6.07, 6.45) is 1.71. The van der Waals surface area contributed by atoms with Crippen LogP contribution in [0.15, 0.2) is 24.3 Å². The van der Waals surface area contributed by atoms with Crippen LogP contribution < -0.4 is 4.74 Å². The van der Waals surface area contributed by atoms with Gasteiger partial charge in [0.05, 0.1) is 13.0 Å². The summed E-state index contributed by atoms with van der Waals surface area (Å²) < 4.78 is 7.39. The number of para-hydroxylation sites is 1. The lowest BCUT2D eigenvalue weighted by Crippen LogP contribution is -2.26. The maximum Gasteiger partial charge on any atom is 0.307 e.